The van der Waals surface area contributed by atoms with Gasteiger partial charge in [-0.15, -0.1) is 0 Å². The largest absolute Gasteiger partial charge is 0.379 e. The monoisotopic (exact) mass is 614 g/mol. The number of carbonyl (C=O) groups is 5. The molecule has 0 aromatic heterocycles. The van der Waals surface area contributed by atoms with Crippen molar-refractivity contribution in [1.82, 2.24) is 20.4 Å². The van der Waals surface area contributed by atoms with Crippen LogP contribution >= 0.6 is 0 Å². The summed E-state index contributed by atoms with van der Waals surface area (Å²) in [5, 5.41) is 5.40. The lowest BCUT2D eigenvalue weighted by atomic mass is 10.0. The Bertz CT molecular complexity index is 936. The van der Waals surface area contributed by atoms with E-state index in [2.05, 4.69) is 10.6 Å². The molecule has 2 N–H and O–H groups in total. The molecule has 1 unspecified atom stereocenters. The molecule has 0 aliphatic carbocycles. The Hall–Kier alpha value is -2.61. The highest BCUT2D eigenvalue weighted by Crippen LogP contribution is 2.21. The Kier molecular flexibility index (Phi) is 15.7. The fraction of sp³-hybridized carbons (Fsp3) is 0.833. The summed E-state index contributed by atoms with van der Waals surface area (Å²) in [6.45, 7) is 14.4. The van der Waals surface area contributed by atoms with Gasteiger partial charge in [0.15, 0.2) is 0 Å². The van der Waals surface area contributed by atoms with Crippen molar-refractivity contribution in [3.8, 4) is 0 Å². The molecule has 1 saturated heterocycles. The second kappa shape index (κ2) is 17.6. The molecule has 0 radical (unpaired) electrons. The van der Waals surface area contributed by atoms with Gasteiger partial charge >= 0.3 is 0 Å². The van der Waals surface area contributed by atoms with Crippen molar-refractivity contribution in [1.29, 1.82) is 0 Å². The van der Waals surface area contributed by atoms with E-state index in [1.54, 1.807) is 14.2 Å². The van der Waals surface area contributed by atoms with Crippen LogP contribution in [0, 0.1) is 0 Å². The molecule has 5 amide bonds. The molecule has 43 heavy (non-hydrogen) atoms. The van der Waals surface area contributed by atoms with E-state index < -0.39 is 16.8 Å². The number of imide groups is 1. The zero-order valence-electron chi connectivity index (χ0n) is 27.6. The molecule has 1 atom stereocenters. The van der Waals surface area contributed by atoms with Gasteiger partial charge in [-0.3, -0.25) is 28.9 Å². The van der Waals surface area contributed by atoms with E-state index in [0.29, 0.717) is 19.6 Å². The van der Waals surface area contributed by atoms with Crippen LogP contribution in [0.25, 0.3) is 0 Å². The topological polar surface area (TPSA) is 153 Å². The standard InChI is InChI=1S/C30H54N4O9/c1-22(40-8)20-42-29(4,5)18-27(39)33(17-13-28(2,3)43-21-30(6,7)41-9)19-24(36)32-15-14-31-23(35)12-16-34-25(37)10-11-26(34)38/h22H,10-21H2,1-9H3,(H,31,35)(H,32,36). The molecule has 1 rings (SSSR count). The number of nitrogens with zero attached hydrogens (tertiary/aromatic N) is 2. The van der Waals surface area contributed by atoms with Gasteiger partial charge in [0.05, 0.1) is 49.1 Å². The van der Waals surface area contributed by atoms with Gasteiger partial charge in [-0.25, -0.2) is 0 Å². The van der Waals surface area contributed by atoms with Crippen LogP contribution in [0.3, 0.4) is 0 Å². The number of ether oxygens (including phenoxy) is 4. The predicted octanol–water partition coefficient (Wildman–Crippen LogP) is 1.42. The average Bonchev–Trinajstić information content (AvgIpc) is 3.26. The molecule has 248 valence electrons. The van der Waals surface area contributed by atoms with Crippen molar-refractivity contribution in [3.05, 3.63) is 0 Å². The van der Waals surface area contributed by atoms with E-state index in [0.717, 1.165) is 4.90 Å². The molecular weight excluding hydrogens is 560 g/mol. The molecule has 0 saturated carbocycles. The Morgan fingerprint density at radius 3 is 2.02 bits per heavy atom. The zero-order chi connectivity index (χ0) is 32.8. The van der Waals surface area contributed by atoms with Crippen molar-refractivity contribution in [2.75, 3.05) is 60.2 Å². The second-order valence-electron chi connectivity index (χ2n) is 12.8. The highest BCUT2D eigenvalue weighted by Gasteiger charge is 2.31. The van der Waals surface area contributed by atoms with Crippen molar-refractivity contribution < 1.29 is 42.9 Å². The first-order valence-electron chi connectivity index (χ1n) is 14.9. The number of hydrogen-bond acceptors (Lipinski definition) is 9. The summed E-state index contributed by atoms with van der Waals surface area (Å²) in [5.74, 6) is -1.48. The van der Waals surface area contributed by atoms with Gasteiger partial charge in [-0.05, 0) is 54.9 Å². The predicted molar refractivity (Wildman–Crippen MR) is 160 cm³/mol. The molecule has 0 bridgehead atoms. The molecule has 1 aliphatic heterocycles. The van der Waals surface area contributed by atoms with E-state index in [1.807, 2.05) is 48.5 Å². The van der Waals surface area contributed by atoms with E-state index in [4.69, 9.17) is 18.9 Å². The minimum absolute atomic E-state index is 0.00581. The number of rotatable bonds is 21. The fourth-order valence-electron chi connectivity index (χ4n) is 3.94. The number of amides is 5. The van der Waals surface area contributed by atoms with Crippen LogP contribution in [0.5, 0.6) is 0 Å². The number of likely N-dealkylation sites (tertiary alicyclic amines) is 1. The summed E-state index contributed by atoms with van der Waals surface area (Å²) >= 11 is 0. The molecule has 1 fully saturated rings. The summed E-state index contributed by atoms with van der Waals surface area (Å²) in [6.07, 6.45) is 0.767. The van der Waals surface area contributed by atoms with Crippen LogP contribution in [-0.2, 0) is 42.9 Å². The van der Waals surface area contributed by atoms with Gasteiger partial charge in [-0.1, -0.05) is 0 Å². The number of methoxy groups -OCH3 is 2. The maximum absolute atomic E-state index is 13.4. The first-order chi connectivity index (χ1) is 19.9. The summed E-state index contributed by atoms with van der Waals surface area (Å²) in [6, 6.07) is 0. The molecule has 13 heteroatoms. The summed E-state index contributed by atoms with van der Waals surface area (Å²) in [5.41, 5.74) is -1.83. The van der Waals surface area contributed by atoms with Crippen LogP contribution in [0.4, 0.5) is 0 Å². The minimum atomic E-state index is -0.776. The lowest BCUT2D eigenvalue weighted by Gasteiger charge is -2.34. The molecule has 1 aliphatic rings. The summed E-state index contributed by atoms with van der Waals surface area (Å²) in [4.78, 5) is 64.3. The summed E-state index contributed by atoms with van der Waals surface area (Å²) in [7, 11) is 3.21. The first kappa shape index (κ1) is 38.4. The first-order valence-corrected chi connectivity index (χ1v) is 14.9. The lowest BCUT2D eigenvalue weighted by molar-refractivity contribution is -0.145. The summed E-state index contributed by atoms with van der Waals surface area (Å²) < 4.78 is 22.7. The van der Waals surface area contributed by atoms with Gasteiger partial charge in [-0.2, -0.15) is 0 Å². The second-order valence-corrected chi connectivity index (χ2v) is 12.8. The number of hydrogen-bond donors (Lipinski definition) is 2. The Morgan fingerprint density at radius 2 is 1.47 bits per heavy atom. The Balaban J connectivity index is 2.68. The van der Waals surface area contributed by atoms with Crippen LogP contribution in [0.15, 0.2) is 0 Å². The Labute approximate surface area is 256 Å². The molecule has 0 aromatic rings. The Morgan fingerprint density at radius 1 is 0.884 bits per heavy atom. The normalized spacial score (nSPS) is 15.0. The third kappa shape index (κ3) is 15.6. The minimum Gasteiger partial charge on any atom is -0.379 e. The SMILES string of the molecule is COC(C)COC(C)(C)CC(=O)N(CCC(C)(C)OCC(C)(C)OC)CC(=O)NCCNC(=O)CCN1C(=O)CCC1=O. The van der Waals surface area contributed by atoms with Crippen LogP contribution in [0.1, 0.15) is 80.6 Å². The third-order valence-electron chi connectivity index (χ3n) is 7.21. The van der Waals surface area contributed by atoms with Gasteiger partial charge in [0.1, 0.15) is 0 Å². The molecular formula is C30H54N4O9. The molecule has 13 nitrogen and oxygen atoms in total. The van der Waals surface area contributed by atoms with Crippen molar-refractivity contribution in [2.45, 2.75) is 103 Å². The number of carbonyl (C=O) groups excluding carboxylic acids is 5. The third-order valence-corrected chi connectivity index (χ3v) is 7.21. The van der Waals surface area contributed by atoms with Gasteiger partial charge < -0.3 is 34.5 Å². The van der Waals surface area contributed by atoms with E-state index >= 15 is 0 Å². The zero-order valence-corrected chi connectivity index (χ0v) is 27.6. The van der Waals surface area contributed by atoms with Gasteiger partial charge in [0.25, 0.3) is 0 Å². The highest BCUT2D eigenvalue weighted by atomic mass is 16.5. The van der Waals surface area contributed by atoms with Crippen LogP contribution in [-0.4, -0.2) is 122 Å². The fourth-order valence-corrected chi connectivity index (χ4v) is 3.94. The van der Waals surface area contributed by atoms with Gasteiger partial charge in [0, 0.05) is 59.7 Å². The quantitative estimate of drug-likeness (QED) is 0.144. The van der Waals surface area contributed by atoms with E-state index in [-0.39, 0.29) is 94.0 Å². The van der Waals surface area contributed by atoms with Crippen molar-refractivity contribution in [2.24, 2.45) is 0 Å². The molecule has 1 heterocycles. The average molecular weight is 615 g/mol. The van der Waals surface area contributed by atoms with Gasteiger partial charge in [0.2, 0.25) is 29.5 Å². The van der Waals surface area contributed by atoms with E-state index in [9.17, 15) is 24.0 Å². The van der Waals surface area contributed by atoms with Crippen molar-refractivity contribution in [3.63, 3.8) is 0 Å². The highest BCUT2D eigenvalue weighted by molar-refractivity contribution is 6.02. The molecule has 0 spiro atoms. The lowest BCUT2D eigenvalue weighted by Crippen LogP contribution is -2.47. The van der Waals surface area contributed by atoms with Crippen LogP contribution < -0.4 is 10.6 Å². The van der Waals surface area contributed by atoms with E-state index in [1.165, 1.54) is 4.90 Å². The maximum Gasteiger partial charge on any atom is 0.239 e. The van der Waals surface area contributed by atoms with Crippen LogP contribution in [0.2, 0.25) is 0 Å². The molecule has 0 aromatic carbocycles. The maximum atomic E-state index is 13.4. The van der Waals surface area contributed by atoms with Crippen molar-refractivity contribution >= 4 is 29.5 Å². The smallest absolute Gasteiger partial charge is 0.239 e. The number of nitrogens with one attached hydrogen (secondary N) is 2.